The van der Waals surface area contributed by atoms with Gasteiger partial charge < -0.3 is 4.74 Å². The number of carbonyl (C=O) groups excluding carboxylic acids is 1. The van der Waals surface area contributed by atoms with Crippen LogP contribution in [-0.2, 0) is 9.53 Å². The zero-order valence-corrected chi connectivity index (χ0v) is 20.3. The van der Waals surface area contributed by atoms with Crippen molar-refractivity contribution in [3.63, 3.8) is 0 Å². The molecule has 0 bridgehead atoms. The summed E-state index contributed by atoms with van der Waals surface area (Å²) in [5, 5.41) is 0. The van der Waals surface area contributed by atoms with Crippen LogP contribution < -0.4 is 0 Å². The maximum atomic E-state index is 10.8. The lowest BCUT2D eigenvalue weighted by Crippen LogP contribution is -2.51. The van der Waals surface area contributed by atoms with E-state index in [0.29, 0.717) is 17.3 Å². The second kappa shape index (κ2) is 8.62. The number of rotatable bonds is 7. The standard InChI is InChI=1S/C28H46O2/c1-19(2)7-6-8-20(3)24-11-12-25-23-10-9-21-17-22(30-18-29)13-15-27(21,4)26(23)14-16-28(24,25)5/h9,18-20,22-26H,6-8,10-17H2,1-5H3/t20-,22-,23-,24+,25-,26+,27-,28+/m0/s1. The Labute approximate surface area is 185 Å². The second-order valence-electron chi connectivity index (χ2n) is 12.4. The van der Waals surface area contributed by atoms with Gasteiger partial charge in [-0.3, -0.25) is 4.79 Å². The van der Waals surface area contributed by atoms with E-state index >= 15 is 0 Å². The van der Waals surface area contributed by atoms with Crippen LogP contribution in [0.25, 0.3) is 0 Å². The van der Waals surface area contributed by atoms with Gasteiger partial charge in [-0.25, -0.2) is 0 Å². The number of ether oxygens (including phenoxy) is 1. The molecule has 4 aliphatic carbocycles. The average molecular weight is 415 g/mol. The first-order valence-electron chi connectivity index (χ1n) is 13.1. The number of hydrogen-bond acceptors (Lipinski definition) is 2. The molecule has 170 valence electrons. The molecule has 2 heteroatoms. The summed E-state index contributed by atoms with van der Waals surface area (Å²) >= 11 is 0. The SMILES string of the molecule is CC(C)CCC[C@H](C)[C@H]1CC[C@H]2[C@@H]3CC=C4C[C@@H](OC=O)CC[C@]4(C)[C@@H]3CC[C@]12C. The summed E-state index contributed by atoms with van der Waals surface area (Å²) in [6, 6.07) is 0. The fourth-order valence-corrected chi connectivity index (χ4v) is 8.85. The first kappa shape index (κ1) is 22.4. The molecule has 0 heterocycles. The van der Waals surface area contributed by atoms with Crippen molar-refractivity contribution in [3.05, 3.63) is 11.6 Å². The van der Waals surface area contributed by atoms with Gasteiger partial charge in [0.2, 0.25) is 0 Å². The van der Waals surface area contributed by atoms with E-state index in [9.17, 15) is 4.79 Å². The van der Waals surface area contributed by atoms with Gasteiger partial charge in [0.15, 0.2) is 0 Å². The molecule has 0 N–H and O–H groups in total. The lowest BCUT2D eigenvalue weighted by molar-refractivity contribution is -0.136. The highest BCUT2D eigenvalue weighted by Crippen LogP contribution is 2.67. The minimum absolute atomic E-state index is 0.120. The highest BCUT2D eigenvalue weighted by Gasteiger charge is 2.59. The number of carbonyl (C=O) groups is 1. The summed E-state index contributed by atoms with van der Waals surface area (Å²) in [5.74, 6) is 5.32. The van der Waals surface area contributed by atoms with Gasteiger partial charge in [0.25, 0.3) is 6.47 Å². The molecule has 0 amide bonds. The van der Waals surface area contributed by atoms with Crippen molar-refractivity contribution in [2.24, 2.45) is 46.3 Å². The molecular weight excluding hydrogens is 368 g/mol. The molecule has 30 heavy (non-hydrogen) atoms. The van der Waals surface area contributed by atoms with Crippen molar-refractivity contribution < 1.29 is 9.53 Å². The maximum absolute atomic E-state index is 10.8. The molecule has 0 aliphatic heterocycles. The summed E-state index contributed by atoms with van der Waals surface area (Å²) in [4.78, 5) is 10.8. The third-order valence-corrected chi connectivity index (χ3v) is 10.5. The molecule has 3 fully saturated rings. The van der Waals surface area contributed by atoms with Crippen molar-refractivity contribution in [2.45, 2.75) is 111 Å². The molecule has 0 aromatic rings. The van der Waals surface area contributed by atoms with Gasteiger partial charge in [-0.1, -0.05) is 65.5 Å². The van der Waals surface area contributed by atoms with Crippen molar-refractivity contribution in [3.8, 4) is 0 Å². The quantitative estimate of drug-likeness (QED) is 0.317. The minimum atomic E-state index is 0.120. The van der Waals surface area contributed by atoms with Gasteiger partial charge >= 0.3 is 0 Å². The molecule has 8 atom stereocenters. The van der Waals surface area contributed by atoms with E-state index in [-0.39, 0.29) is 6.10 Å². The smallest absolute Gasteiger partial charge is 0.293 e. The molecule has 0 radical (unpaired) electrons. The predicted molar refractivity (Wildman–Crippen MR) is 124 cm³/mol. The second-order valence-corrected chi connectivity index (χ2v) is 12.4. The van der Waals surface area contributed by atoms with E-state index in [2.05, 4.69) is 40.7 Å². The van der Waals surface area contributed by atoms with Crippen LogP contribution in [0.3, 0.4) is 0 Å². The Bertz CT molecular complexity index is 651. The Kier molecular flexibility index (Phi) is 6.44. The highest BCUT2D eigenvalue weighted by molar-refractivity contribution is 5.38. The topological polar surface area (TPSA) is 26.3 Å². The van der Waals surface area contributed by atoms with Crippen LogP contribution in [0.5, 0.6) is 0 Å². The van der Waals surface area contributed by atoms with Crippen LogP contribution >= 0.6 is 0 Å². The molecule has 0 aromatic carbocycles. The highest BCUT2D eigenvalue weighted by atomic mass is 16.5. The Morgan fingerprint density at radius 1 is 1.07 bits per heavy atom. The van der Waals surface area contributed by atoms with E-state index < -0.39 is 0 Å². The van der Waals surface area contributed by atoms with Crippen LogP contribution in [0.15, 0.2) is 11.6 Å². The number of fused-ring (bicyclic) bond motifs is 5. The number of hydrogen-bond donors (Lipinski definition) is 0. The molecular formula is C28H46O2. The van der Waals surface area contributed by atoms with Gasteiger partial charge in [-0.05, 0) is 91.3 Å². The van der Waals surface area contributed by atoms with Crippen molar-refractivity contribution in [2.75, 3.05) is 0 Å². The van der Waals surface area contributed by atoms with Crippen molar-refractivity contribution in [1.29, 1.82) is 0 Å². The van der Waals surface area contributed by atoms with Gasteiger partial charge in [0.05, 0.1) is 0 Å². The molecule has 0 unspecified atom stereocenters. The Morgan fingerprint density at radius 2 is 1.87 bits per heavy atom. The normalized spacial score (nSPS) is 43.9. The van der Waals surface area contributed by atoms with Gasteiger partial charge in [-0.2, -0.15) is 0 Å². The van der Waals surface area contributed by atoms with Gasteiger partial charge in [0, 0.05) is 6.42 Å². The zero-order valence-electron chi connectivity index (χ0n) is 20.3. The van der Waals surface area contributed by atoms with E-state index in [1.54, 1.807) is 5.57 Å². The zero-order chi connectivity index (χ0) is 21.5. The van der Waals surface area contributed by atoms with Crippen LogP contribution in [-0.4, -0.2) is 12.6 Å². The Balaban J connectivity index is 1.47. The summed E-state index contributed by atoms with van der Waals surface area (Å²) in [6.45, 7) is 13.2. The fraction of sp³-hybridized carbons (Fsp3) is 0.893. The Hall–Kier alpha value is -0.790. The van der Waals surface area contributed by atoms with Crippen LogP contribution in [0.1, 0.15) is 105 Å². The molecule has 3 saturated carbocycles. The van der Waals surface area contributed by atoms with E-state index in [0.717, 1.165) is 48.3 Å². The van der Waals surface area contributed by atoms with Crippen LogP contribution in [0.2, 0.25) is 0 Å². The lowest BCUT2D eigenvalue weighted by atomic mass is 9.47. The van der Waals surface area contributed by atoms with Gasteiger partial charge in [0.1, 0.15) is 6.10 Å². The summed E-state index contributed by atoms with van der Waals surface area (Å²) in [6.07, 6.45) is 17.2. The lowest BCUT2D eigenvalue weighted by Gasteiger charge is -2.58. The average Bonchev–Trinajstić information content (AvgIpc) is 3.05. The van der Waals surface area contributed by atoms with E-state index in [1.165, 1.54) is 57.8 Å². The van der Waals surface area contributed by atoms with Crippen molar-refractivity contribution in [1.82, 2.24) is 0 Å². The minimum Gasteiger partial charge on any atom is -0.464 e. The van der Waals surface area contributed by atoms with Crippen LogP contribution in [0, 0.1) is 46.3 Å². The molecule has 0 spiro atoms. The summed E-state index contributed by atoms with van der Waals surface area (Å²) in [5.41, 5.74) is 2.54. The Morgan fingerprint density at radius 3 is 2.60 bits per heavy atom. The van der Waals surface area contributed by atoms with Crippen LogP contribution in [0.4, 0.5) is 0 Å². The molecule has 0 aromatic heterocycles. The monoisotopic (exact) mass is 414 g/mol. The summed E-state index contributed by atoms with van der Waals surface area (Å²) < 4.78 is 5.36. The first-order valence-corrected chi connectivity index (χ1v) is 13.1. The van der Waals surface area contributed by atoms with E-state index in [1.807, 2.05) is 0 Å². The third kappa shape index (κ3) is 3.79. The fourth-order valence-electron chi connectivity index (χ4n) is 8.85. The van der Waals surface area contributed by atoms with E-state index in [4.69, 9.17) is 4.74 Å². The largest absolute Gasteiger partial charge is 0.464 e. The maximum Gasteiger partial charge on any atom is 0.293 e. The molecule has 0 saturated heterocycles. The summed E-state index contributed by atoms with van der Waals surface area (Å²) in [7, 11) is 0. The molecule has 4 aliphatic rings. The number of allylic oxidation sites excluding steroid dienone is 1. The predicted octanol–water partition coefficient (Wildman–Crippen LogP) is 7.57. The van der Waals surface area contributed by atoms with Gasteiger partial charge in [-0.15, -0.1) is 0 Å². The van der Waals surface area contributed by atoms with Crippen molar-refractivity contribution >= 4 is 6.47 Å². The first-order chi connectivity index (χ1) is 14.3. The molecule has 4 rings (SSSR count). The molecule has 2 nitrogen and oxygen atoms in total. The third-order valence-electron chi connectivity index (χ3n) is 10.5.